The predicted octanol–water partition coefficient (Wildman–Crippen LogP) is 3.29. The van der Waals surface area contributed by atoms with E-state index in [9.17, 15) is 0 Å². The Balaban J connectivity index is 0.00000264. The molecule has 23 heavy (non-hydrogen) atoms. The number of rotatable bonds is 5. The fraction of sp³-hybridized carbons (Fsp3) is 0.375. The summed E-state index contributed by atoms with van der Waals surface area (Å²) in [6.07, 6.45) is 3.81. The average Bonchev–Trinajstić information content (AvgIpc) is 2.91. The monoisotopic (exact) mass is 447 g/mol. The van der Waals surface area contributed by atoms with E-state index in [1.165, 1.54) is 0 Å². The predicted molar refractivity (Wildman–Crippen MR) is 106 cm³/mol. The lowest BCUT2D eigenvalue weighted by Gasteiger charge is -2.22. The molecule has 0 unspecified atom stereocenters. The smallest absolute Gasteiger partial charge is 0.194 e. The SMILES string of the molecule is CCNC(=NCc1cnn(C)c1)N(C)Cc1ccccc1Cl.I. The average molecular weight is 448 g/mol. The molecule has 2 aromatic rings. The second kappa shape index (κ2) is 9.77. The molecule has 0 atom stereocenters. The Hall–Kier alpha value is -1.28. The summed E-state index contributed by atoms with van der Waals surface area (Å²) >= 11 is 6.23. The lowest BCUT2D eigenvalue weighted by Crippen LogP contribution is -2.38. The maximum atomic E-state index is 6.23. The van der Waals surface area contributed by atoms with Crippen molar-refractivity contribution in [2.24, 2.45) is 12.0 Å². The van der Waals surface area contributed by atoms with Crippen LogP contribution in [0.2, 0.25) is 5.02 Å². The molecule has 0 aliphatic carbocycles. The number of halogens is 2. The zero-order valence-corrected chi connectivity index (χ0v) is 16.7. The van der Waals surface area contributed by atoms with E-state index in [2.05, 4.69) is 27.2 Å². The van der Waals surface area contributed by atoms with Crippen LogP contribution < -0.4 is 5.32 Å². The molecular formula is C16H23ClIN5. The molecule has 0 aliphatic rings. The van der Waals surface area contributed by atoms with Gasteiger partial charge in [0.05, 0.1) is 12.7 Å². The van der Waals surface area contributed by atoms with Crippen molar-refractivity contribution in [3.63, 3.8) is 0 Å². The Morgan fingerprint density at radius 3 is 2.74 bits per heavy atom. The molecule has 0 spiro atoms. The molecule has 1 N–H and O–H groups in total. The van der Waals surface area contributed by atoms with Gasteiger partial charge >= 0.3 is 0 Å². The van der Waals surface area contributed by atoms with Crippen molar-refractivity contribution in [2.45, 2.75) is 20.0 Å². The van der Waals surface area contributed by atoms with E-state index in [1.807, 2.05) is 50.8 Å². The molecule has 5 nitrogen and oxygen atoms in total. The summed E-state index contributed by atoms with van der Waals surface area (Å²) in [4.78, 5) is 6.73. The van der Waals surface area contributed by atoms with Crippen LogP contribution in [-0.2, 0) is 20.1 Å². The van der Waals surface area contributed by atoms with Crippen LogP contribution in [0.25, 0.3) is 0 Å². The van der Waals surface area contributed by atoms with Gasteiger partial charge in [-0.05, 0) is 18.6 Å². The van der Waals surface area contributed by atoms with Crippen LogP contribution in [0.15, 0.2) is 41.7 Å². The first-order chi connectivity index (χ1) is 10.6. The minimum Gasteiger partial charge on any atom is -0.357 e. The number of benzene rings is 1. The summed E-state index contributed by atoms with van der Waals surface area (Å²) in [6, 6.07) is 7.87. The van der Waals surface area contributed by atoms with Crippen molar-refractivity contribution in [3.8, 4) is 0 Å². The minimum absolute atomic E-state index is 0. The zero-order chi connectivity index (χ0) is 15.9. The van der Waals surface area contributed by atoms with Gasteiger partial charge in [0, 0.05) is 44.0 Å². The normalized spacial score (nSPS) is 11.0. The third-order valence-corrected chi connectivity index (χ3v) is 3.60. The van der Waals surface area contributed by atoms with Gasteiger partial charge in [-0.15, -0.1) is 24.0 Å². The summed E-state index contributed by atoms with van der Waals surface area (Å²) in [6.45, 7) is 4.18. The molecule has 0 saturated heterocycles. The highest BCUT2D eigenvalue weighted by atomic mass is 127. The number of guanidine groups is 1. The largest absolute Gasteiger partial charge is 0.357 e. The van der Waals surface area contributed by atoms with Crippen LogP contribution in [0.3, 0.4) is 0 Å². The molecule has 0 fully saturated rings. The Kier molecular flexibility index (Phi) is 8.40. The summed E-state index contributed by atoms with van der Waals surface area (Å²) in [5.74, 6) is 0.853. The molecule has 0 aliphatic heterocycles. The van der Waals surface area contributed by atoms with Crippen molar-refractivity contribution < 1.29 is 0 Å². The first-order valence-corrected chi connectivity index (χ1v) is 7.68. The van der Waals surface area contributed by atoms with E-state index in [0.717, 1.165) is 28.7 Å². The third kappa shape index (κ3) is 6.02. The van der Waals surface area contributed by atoms with Crippen LogP contribution in [0.5, 0.6) is 0 Å². The van der Waals surface area contributed by atoms with Crippen molar-refractivity contribution in [3.05, 3.63) is 52.8 Å². The van der Waals surface area contributed by atoms with Gasteiger partial charge in [-0.2, -0.15) is 5.10 Å². The van der Waals surface area contributed by atoms with E-state index in [4.69, 9.17) is 11.6 Å². The van der Waals surface area contributed by atoms with E-state index >= 15 is 0 Å². The fourth-order valence-corrected chi connectivity index (χ4v) is 2.34. The molecule has 1 aromatic carbocycles. The number of nitrogens with one attached hydrogen (secondary N) is 1. The molecule has 1 heterocycles. The van der Waals surface area contributed by atoms with E-state index in [0.29, 0.717) is 13.1 Å². The van der Waals surface area contributed by atoms with Gasteiger partial charge in [0.2, 0.25) is 0 Å². The lowest BCUT2D eigenvalue weighted by molar-refractivity contribution is 0.477. The quantitative estimate of drug-likeness (QED) is 0.435. The van der Waals surface area contributed by atoms with Gasteiger partial charge in [0.25, 0.3) is 0 Å². The molecule has 1 aromatic heterocycles. The van der Waals surface area contributed by atoms with E-state index in [1.54, 1.807) is 4.68 Å². The number of hydrogen-bond acceptors (Lipinski definition) is 2. The third-order valence-electron chi connectivity index (χ3n) is 3.23. The summed E-state index contributed by atoms with van der Waals surface area (Å²) < 4.78 is 1.78. The van der Waals surface area contributed by atoms with E-state index < -0.39 is 0 Å². The molecule has 2 rings (SSSR count). The van der Waals surface area contributed by atoms with Gasteiger partial charge in [-0.25, -0.2) is 4.99 Å². The Bertz CT molecular complexity index is 641. The van der Waals surface area contributed by atoms with Crippen LogP contribution in [0.1, 0.15) is 18.1 Å². The molecule has 126 valence electrons. The standard InChI is InChI=1S/C16H22ClN5.HI/c1-4-18-16(19-9-13-10-20-22(3)11-13)21(2)12-14-7-5-6-8-15(14)17;/h5-8,10-11H,4,9,12H2,1-3H3,(H,18,19);1H. The van der Waals surface area contributed by atoms with Crippen molar-refractivity contribution in [2.75, 3.05) is 13.6 Å². The van der Waals surface area contributed by atoms with Crippen LogP contribution in [0, 0.1) is 0 Å². The number of hydrogen-bond donors (Lipinski definition) is 1. The Labute approximate surface area is 159 Å². The van der Waals surface area contributed by atoms with Gasteiger partial charge in [-0.3, -0.25) is 4.68 Å². The van der Waals surface area contributed by atoms with Crippen molar-refractivity contribution in [1.82, 2.24) is 20.0 Å². The topological polar surface area (TPSA) is 45.5 Å². The molecule has 0 saturated carbocycles. The second-order valence-electron chi connectivity index (χ2n) is 5.14. The first kappa shape index (κ1) is 19.8. The van der Waals surface area contributed by atoms with Crippen LogP contribution in [-0.4, -0.2) is 34.2 Å². The maximum Gasteiger partial charge on any atom is 0.194 e. The first-order valence-electron chi connectivity index (χ1n) is 7.30. The Morgan fingerprint density at radius 2 is 2.13 bits per heavy atom. The minimum atomic E-state index is 0. The van der Waals surface area contributed by atoms with E-state index in [-0.39, 0.29) is 24.0 Å². The highest BCUT2D eigenvalue weighted by Crippen LogP contribution is 2.16. The number of aromatic nitrogens is 2. The number of aliphatic imine (C=N–C) groups is 1. The summed E-state index contributed by atoms with van der Waals surface area (Å²) in [5.41, 5.74) is 2.17. The highest BCUT2D eigenvalue weighted by molar-refractivity contribution is 14.0. The zero-order valence-electron chi connectivity index (χ0n) is 13.7. The van der Waals surface area contributed by atoms with Gasteiger partial charge in [-0.1, -0.05) is 29.8 Å². The molecule has 0 bridgehead atoms. The van der Waals surface area contributed by atoms with Crippen molar-refractivity contribution in [1.29, 1.82) is 0 Å². The van der Waals surface area contributed by atoms with Crippen LogP contribution in [0.4, 0.5) is 0 Å². The molecule has 0 radical (unpaired) electrons. The lowest BCUT2D eigenvalue weighted by atomic mass is 10.2. The summed E-state index contributed by atoms with van der Waals surface area (Å²) in [5, 5.41) is 8.24. The molecule has 7 heteroatoms. The van der Waals surface area contributed by atoms with Crippen LogP contribution >= 0.6 is 35.6 Å². The summed E-state index contributed by atoms with van der Waals surface area (Å²) in [7, 11) is 3.91. The fourth-order valence-electron chi connectivity index (χ4n) is 2.15. The Morgan fingerprint density at radius 1 is 1.39 bits per heavy atom. The second-order valence-corrected chi connectivity index (χ2v) is 5.55. The molecular weight excluding hydrogens is 425 g/mol. The van der Waals surface area contributed by atoms with Crippen molar-refractivity contribution >= 4 is 41.5 Å². The number of nitrogens with zero attached hydrogens (tertiary/aromatic N) is 4. The van der Waals surface area contributed by atoms with Gasteiger partial charge < -0.3 is 10.2 Å². The van der Waals surface area contributed by atoms with Gasteiger partial charge in [0.1, 0.15) is 0 Å². The number of aryl methyl sites for hydroxylation is 1. The highest BCUT2D eigenvalue weighted by Gasteiger charge is 2.08. The van der Waals surface area contributed by atoms with Gasteiger partial charge in [0.15, 0.2) is 5.96 Å². The molecule has 0 amide bonds. The maximum absolute atomic E-state index is 6.23.